The second kappa shape index (κ2) is 6.56. The van der Waals surface area contributed by atoms with Crippen LogP contribution in [-0.2, 0) is 0 Å². The van der Waals surface area contributed by atoms with Crippen LogP contribution in [0.15, 0.2) is 63.5 Å². The van der Waals surface area contributed by atoms with Gasteiger partial charge in [0.1, 0.15) is 0 Å². The van der Waals surface area contributed by atoms with Crippen molar-refractivity contribution >= 4 is 5.71 Å². The van der Waals surface area contributed by atoms with Crippen molar-refractivity contribution in [2.24, 2.45) is 10.7 Å². The van der Waals surface area contributed by atoms with Gasteiger partial charge in [0.15, 0.2) is 0 Å². The highest BCUT2D eigenvalue weighted by Gasteiger charge is 2.20. The Morgan fingerprint density at radius 3 is 2.25 bits per heavy atom. The number of allylic oxidation sites excluding steroid dienone is 7. The van der Waals surface area contributed by atoms with Crippen molar-refractivity contribution in [2.75, 3.05) is 0 Å². The highest BCUT2D eigenvalue weighted by Crippen LogP contribution is 2.32. The average Bonchev–Trinajstić information content (AvgIpc) is 2.32. The summed E-state index contributed by atoms with van der Waals surface area (Å²) in [6.45, 7) is 18.1. The first-order valence-corrected chi connectivity index (χ1v) is 6.99. The molecule has 0 unspecified atom stereocenters. The van der Waals surface area contributed by atoms with Crippen molar-refractivity contribution < 1.29 is 0 Å². The van der Waals surface area contributed by atoms with Gasteiger partial charge in [-0.15, -0.1) is 0 Å². The van der Waals surface area contributed by atoms with E-state index in [0.717, 1.165) is 29.8 Å². The second-order valence-corrected chi connectivity index (χ2v) is 5.66. The molecule has 0 aromatic carbocycles. The molecule has 0 aromatic rings. The van der Waals surface area contributed by atoms with Gasteiger partial charge in [-0.1, -0.05) is 30.4 Å². The summed E-state index contributed by atoms with van der Waals surface area (Å²) in [6.07, 6.45) is 4.47. The van der Waals surface area contributed by atoms with Crippen LogP contribution in [0.4, 0.5) is 0 Å². The molecule has 0 fully saturated rings. The maximum absolute atomic E-state index is 5.97. The lowest BCUT2D eigenvalue weighted by Gasteiger charge is -2.22. The number of hydrogen-bond acceptors (Lipinski definition) is 2. The van der Waals surface area contributed by atoms with E-state index in [9.17, 15) is 0 Å². The fourth-order valence-corrected chi connectivity index (χ4v) is 2.41. The van der Waals surface area contributed by atoms with E-state index in [4.69, 9.17) is 5.73 Å². The third-order valence-electron chi connectivity index (χ3n) is 3.52. The lowest BCUT2D eigenvalue weighted by atomic mass is 9.84. The summed E-state index contributed by atoms with van der Waals surface area (Å²) in [5.74, 6) is 0. The van der Waals surface area contributed by atoms with Gasteiger partial charge in [0.2, 0.25) is 0 Å². The Kier molecular flexibility index (Phi) is 5.32. The molecule has 2 heteroatoms. The Balaban J connectivity index is 3.49. The molecule has 0 bridgehead atoms. The van der Waals surface area contributed by atoms with E-state index in [0.29, 0.717) is 5.70 Å². The molecular weight excluding hydrogens is 244 g/mol. The van der Waals surface area contributed by atoms with Gasteiger partial charge in [-0.2, -0.15) is 0 Å². The maximum Gasteiger partial charge on any atom is 0.0933 e. The fourth-order valence-electron chi connectivity index (χ4n) is 2.41. The molecule has 0 aliphatic heterocycles. The molecule has 1 aliphatic carbocycles. The Labute approximate surface area is 123 Å². The van der Waals surface area contributed by atoms with E-state index in [1.54, 1.807) is 0 Å². The molecule has 1 rings (SSSR count). The van der Waals surface area contributed by atoms with Gasteiger partial charge in [-0.3, -0.25) is 4.99 Å². The molecule has 2 nitrogen and oxygen atoms in total. The van der Waals surface area contributed by atoms with Gasteiger partial charge >= 0.3 is 0 Å². The standard InChI is InChI=1S/C18H26N2/c1-11(2)17(18(15(7)19)20-12(3)4)16-10-8-9-13(5)14(16)6/h10H,3,7-9,19H2,1-2,4-6H3. The van der Waals surface area contributed by atoms with Crippen molar-refractivity contribution in [2.45, 2.75) is 47.5 Å². The average molecular weight is 270 g/mol. The molecule has 0 amide bonds. The SMILES string of the molecule is C=C(C)N=C(C(=C)N)C(C1=CCCC(C)=C1C)=C(C)C. The zero-order valence-corrected chi connectivity index (χ0v) is 13.4. The molecule has 0 radical (unpaired) electrons. The third kappa shape index (κ3) is 3.60. The summed E-state index contributed by atoms with van der Waals surface area (Å²) >= 11 is 0. The topological polar surface area (TPSA) is 38.4 Å². The van der Waals surface area contributed by atoms with Crippen LogP contribution in [0.5, 0.6) is 0 Å². The van der Waals surface area contributed by atoms with Crippen molar-refractivity contribution in [3.8, 4) is 0 Å². The number of hydrogen-bond donors (Lipinski definition) is 1. The molecule has 20 heavy (non-hydrogen) atoms. The van der Waals surface area contributed by atoms with Crippen LogP contribution in [0, 0.1) is 0 Å². The highest BCUT2D eigenvalue weighted by atomic mass is 14.8. The van der Waals surface area contributed by atoms with Gasteiger partial charge in [0.25, 0.3) is 0 Å². The molecule has 0 spiro atoms. The molecule has 0 saturated carbocycles. The smallest absolute Gasteiger partial charge is 0.0933 e. The molecule has 108 valence electrons. The van der Waals surface area contributed by atoms with Gasteiger partial charge < -0.3 is 5.73 Å². The molecule has 0 heterocycles. The van der Waals surface area contributed by atoms with E-state index in [-0.39, 0.29) is 0 Å². The van der Waals surface area contributed by atoms with E-state index in [1.165, 1.54) is 22.3 Å². The highest BCUT2D eigenvalue weighted by molar-refractivity contribution is 6.15. The largest absolute Gasteiger partial charge is 0.397 e. The first-order valence-electron chi connectivity index (χ1n) is 6.99. The van der Waals surface area contributed by atoms with Crippen LogP contribution in [0.1, 0.15) is 47.5 Å². The molecule has 2 N–H and O–H groups in total. The minimum atomic E-state index is 0.487. The monoisotopic (exact) mass is 270 g/mol. The number of nitrogens with two attached hydrogens (primary N) is 1. The lowest BCUT2D eigenvalue weighted by Crippen LogP contribution is -2.17. The van der Waals surface area contributed by atoms with Crippen molar-refractivity contribution in [1.82, 2.24) is 0 Å². The van der Waals surface area contributed by atoms with Crippen LogP contribution in [0.2, 0.25) is 0 Å². The number of nitrogens with zero attached hydrogens (tertiary/aromatic N) is 1. The van der Waals surface area contributed by atoms with Crippen LogP contribution in [0.25, 0.3) is 0 Å². The van der Waals surface area contributed by atoms with Crippen molar-refractivity contribution in [3.05, 3.63) is 58.5 Å². The van der Waals surface area contributed by atoms with Crippen molar-refractivity contribution in [1.29, 1.82) is 0 Å². The maximum atomic E-state index is 5.97. The number of aliphatic imine (C=N–C) groups is 1. The molecular formula is C18H26N2. The Hall–Kier alpha value is -1.83. The molecule has 1 aliphatic rings. The van der Waals surface area contributed by atoms with Gasteiger partial charge in [-0.05, 0) is 58.6 Å². The summed E-state index contributed by atoms with van der Waals surface area (Å²) in [4.78, 5) is 4.51. The second-order valence-electron chi connectivity index (χ2n) is 5.66. The molecule has 0 aromatic heterocycles. The Morgan fingerprint density at radius 1 is 1.20 bits per heavy atom. The Morgan fingerprint density at radius 2 is 1.80 bits per heavy atom. The van der Waals surface area contributed by atoms with Crippen molar-refractivity contribution in [3.63, 3.8) is 0 Å². The van der Waals surface area contributed by atoms with E-state index in [2.05, 4.69) is 51.9 Å². The first kappa shape index (κ1) is 16.2. The lowest BCUT2D eigenvalue weighted by molar-refractivity contribution is 0.922. The summed E-state index contributed by atoms with van der Waals surface area (Å²) in [7, 11) is 0. The Bertz CT molecular complexity index is 562. The zero-order valence-electron chi connectivity index (χ0n) is 13.4. The molecule has 0 atom stereocenters. The predicted molar refractivity (Wildman–Crippen MR) is 89.6 cm³/mol. The minimum absolute atomic E-state index is 0.487. The summed E-state index contributed by atoms with van der Waals surface area (Å²) in [5.41, 5.74) is 14.2. The van der Waals surface area contributed by atoms with Crippen LogP contribution in [-0.4, -0.2) is 5.71 Å². The zero-order chi connectivity index (χ0) is 15.4. The van der Waals surface area contributed by atoms with Crippen LogP contribution < -0.4 is 5.73 Å². The quantitative estimate of drug-likeness (QED) is 0.730. The van der Waals surface area contributed by atoms with Gasteiger partial charge in [-0.25, -0.2) is 0 Å². The summed E-state index contributed by atoms with van der Waals surface area (Å²) < 4.78 is 0. The fraction of sp³-hybridized carbons (Fsp3) is 0.389. The van der Waals surface area contributed by atoms with E-state index >= 15 is 0 Å². The minimum Gasteiger partial charge on any atom is -0.397 e. The summed E-state index contributed by atoms with van der Waals surface area (Å²) in [5, 5.41) is 0. The first-order chi connectivity index (χ1) is 9.25. The third-order valence-corrected chi connectivity index (χ3v) is 3.52. The molecule has 0 saturated heterocycles. The number of rotatable bonds is 4. The van der Waals surface area contributed by atoms with E-state index < -0.39 is 0 Å². The van der Waals surface area contributed by atoms with Gasteiger partial charge in [0.05, 0.1) is 11.4 Å². The predicted octanol–water partition coefficient (Wildman–Crippen LogP) is 4.83. The van der Waals surface area contributed by atoms with Crippen LogP contribution in [0.3, 0.4) is 0 Å². The van der Waals surface area contributed by atoms with Gasteiger partial charge in [0, 0.05) is 11.3 Å². The van der Waals surface area contributed by atoms with E-state index in [1.807, 2.05) is 6.92 Å². The van der Waals surface area contributed by atoms with Crippen LogP contribution >= 0.6 is 0 Å². The summed E-state index contributed by atoms with van der Waals surface area (Å²) in [6, 6.07) is 0. The normalized spacial score (nSPS) is 15.8.